The van der Waals surface area contributed by atoms with E-state index in [1.807, 2.05) is 24.3 Å². The van der Waals surface area contributed by atoms with E-state index in [2.05, 4.69) is 0 Å². The fourth-order valence-corrected chi connectivity index (χ4v) is 1.89. The molecule has 0 bridgehead atoms. The molecular weight excluding hydrogens is 260 g/mol. The minimum absolute atomic E-state index is 0.196. The molecular formula is C15H20O5. The number of aliphatic carboxylic acids is 1. The highest BCUT2D eigenvalue weighted by Crippen LogP contribution is 2.16. The van der Waals surface area contributed by atoms with Crippen LogP contribution in [0.2, 0.25) is 0 Å². The SMILES string of the molecule is CCOC(=O)[C@H](CCCc1ccc(OC)cc1)C(=O)O. The molecule has 0 unspecified atom stereocenters. The molecule has 1 atom stereocenters. The molecule has 0 aromatic heterocycles. The van der Waals surface area contributed by atoms with E-state index in [0.717, 1.165) is 11.3 Å². The summed E-state index contributed by atoms with van der Waals surface area (Å²) < 4.78 is 9.82. The molecule has 0 saturated carbocycles. The van der Waals surface area contributed by atoms with Gasteiger partial charge in [0.15, 0.2) is 5.92 Å². The summed E-state index contributed by atoms with van der Waals surface area (Å²) in [5, 5.41) is 9.02. The number of carbonyl (C=O) groups is 2. The Morgan fingerprint density at radius 2 is 1.90 bits per heavy atom. The molecule has 1 N–H and O–H groups in total. The van der Waals surface area contributed by atoms with Crippen LogP contribution in [0.4, 0.5) is 0 Å². The zero-order valence-electron chi connectivity index (χ0n) is 11.8. The maximum atomic E-state index is 11.5. The molecule has 110 valence electrons. The quantitative estimate of drug-likeness (QED) is 0.584. The van der Waals surface area contributed by atoms with Crippen LogP contribution in [0.1, 0.15) is 25.3 Å². The monoisotopic (exact) mass is 280 g/mol. The van der Waals surface area contributed by atoms with E-state index in [1.165, 1.54) is 0 Å². The van der Waals surface area contributed by atoms with Gasteiger partial charge in [0.1, 0.15) is 5.75 Å². The van der Waals surface area contributed by atoms with E-state index >= 15 is 0 Å². The number of hydrogen-bond donors (Lipinski definition) is 1. The van der Waals surface area contributed by atoms with Crippen molar-refractivity contribution < 1.29 is 24.2 Å². The zero-order chi connectivity index (χ0) is 15.0. The van der Waals surface area contributed by atoms with E-state index in [0.29, 0.717) is 12.8 Å². The van der Waals surface area contributed by atoms with Crippen molar-refractivity contribution in [2.75, 3.05) is 13.7 Å². The molecule has 0 radical (unpaired) electrons. The van der Waals surface area contributed by atoms with Gasteiger partial charge in [-0.3, -0.25) is 9.59 Å². The van der Waals surface area contributed by atoms with Gasteiger partial charge in [-0.2, -0.15) is 0 Å². The summed E-state index contributed by atoms with van der Waals surface area (Å²) in [5.74, 6) is -2.08. The number of carboxylic acid groups (broad SMARTS) is 1. The molecule has 0 aliphatic carbocycles. The Kier molecular flexibility index (Phi) is 6.56. The van der Waals surface area contributed by atoms with Crippen LogP contribution >= 0.6 is 0 Å². The number of ether oxygens (including phenoxy) is 2. The third-order valence-electron chi connectivity index (χ3n) is 2.99. The number of hydrogen-bond acceptors (Lipinski definition) is 4. The van der Waals surface area contributed by atoms with Gasteiger partial charge in [0.2, 0.25) is 0 Å². The van der Waals surface area contributed by atoms with Gasteiger partial charge in [-0.25, -0.2) is 0 Å². The molecule has 0 spiro atoms. The predicted octanol–water partition coefficient (Wildman–Crippen LogP) is 2.28. The normalized spacial score (nSPS) is 11.7. The lowest BCUT2D eigenvalue weighted by Crippen LogP contribution is -2.26. The summed E-state index contributed by atoms with van der Waals surface area (Å²) in [6.07, 6.45) is 1.61. The lowest BCUT2D eigenvalue weighted by Gasteiger charge is -2.11. The van der Waals surface area contributed by atoms with Gasteiger partial charge in [-0.1, -0.05) is 12.1 Å². The van der Waals surface area contributed by atoms with Crippen molar-refractivity contribution in [2.24, 2.45) is 5.92 Å². The highest BCUT2D eigenvalue weighted by Gasteiger charge is 2.26. The van der Waals surface area contributed by atoms with Gasteiger partial charge in [-0.05, 0) is 43.9 Å². The standard InChI is InChI=1S/C15H20O5/c1-3-20-15(18)13(14(16)17)6-4-5-11-7-9-12(19-2)10-8-11/h7-10,13H,3-6H2,1-2H3,(H,16,17)/t13-/m1/s1. The van der Waals surface area contributed by atoms with Crippen LogP contribution in [0.5, 0.6) is 5.75 Å². The summed E-state index contributed by atoms with van der Waals surface area (Å²) in [7, 11) is 1.60. The van der Waals surface area contributed by atoms with Crippen LogP contribution in [-0.4, -0.2) is 30.8 Å². The number of methoxy groups -OCH3 is 1. The lowest BCUT2D eigenvalue weighted by atomic mass is 9.99. The summed E-state index contributed by atoms with van der Waals surface area (Å²) in [4.78, 5) is 22.5. The second-order valence-corrected chi connectivity index (χ2v) is 4.38. The molecule has 1 aromatic carbocycles. The van der Waals surface area contributed by atoms with E-state index in [4.69, 9.17) is 14.6 Å². The Labute approximate surface area is 118 Å². The van der Waals surface area contributed by atoms with Crippen LogP contribution in [0.25, 0.3) is 0 Å². The molecule has 0 fully saturated rings. The van der Waals surface area contributed by atoms with E-state index in [9.17, 15) is 9.59 Å². The summed E-state index contributed by atoms with van der Waals surface area (Å²) in [6.45, 7) is 1.86. The lowest BCUT2D eigenvalue weighted by molar-refractivity contribution is -0.158. The molecule has 20 heavy (non-hydrogen) atoms. The Bertz CT molecular complexity index is 438. The first kappa shape index (κ1) is 16.0. The van der Waals surface area contributed by atoms with E-state index in [-0.39, 0.29) is 13.0 Å². The molecule has 0 aliphatic rings. The van der Waals surface area contributed by atoms with Gasteiger partial charge >= 0.3 is 11.9 Å². The fourth-order valence-electron chi connectivity index (χ4n) is 1.89. The number of carboxylic acids is 1. The van der Waals surface area contributed by atoms with Crippen LogP contribution in [-0.2, 0) is 20.7 Å². The fraction of sp³-hybridized carbons (Fsp3) is 0.467. The maximum absolute atomic E-state index is 11.5. The molecule has 0 amide bonds. The molecule has 1 rings (SSSR count). The number of aryl methyl sites for hydroxylation is 1. The van der Waals surface area contributed by atoms with Gasteiger partial charge in [0.25, 0.3) is 0 Å². The first-order valence-corrected chi connectivity index (χ1v) is 6.60. The summed E-state index contributed by atoms with van der Waals surface area (Å²) in [5.41, 5.74) is 1.08. The minimum atomic E-state index is -1.13. The largest absolute Gasteiger partial charge is 0.497 e. The first-order chi connectivity index (χ1) is 9.58. The second-order valence-electron chi connectivity index (χ2n) is 4.38. The number of rotatable bonds is 8. The highest BCUT2D eigenvalue weighted by atomic mass is 16.5. The van der Waals surface area contributed by atoms with E-state index in [1.54, 1.807) is 14.0 Å². The zero-order valence-corrected chi connectivity index (χ0v) is 11.8. The van der Waals surface area contributed by atoms with Crippen LogP contribution < -0.4 is 4.74 Å². The van der Waals surface area contributed by atoms with Crippen molar-refractivity contribution in [2.45, 2.75) is 26.2 Å². The average molecular weight is 280 g/mol. The molecule has 1 aromatic rings. The van der Waals surface area contributed by atoms with Gasteiger partial charge in [0.05, 0.1) is 13.7 Å². The Morgan fingerprint density at radius 3 is 2.40 bits per heavy atom. The summed E-state index contributed by atoms with van der Waals surface area (Å²) in [6, 6.07) is 7.57. The number of esters is 1. The third kappa shape index (κ3) is 4.91. The smallest absolute Gasteiger partial charge is 0.320 e. The molecule has 0 saturated heterocycles. The van der Waals surface area contributed by atoms with Crippen molar-refractivity contribution in [3.63, 3.8) is 0 Å². The van der Waals surface area contributed by atoms with Crippen molar-refractivity contribution in [3.05, 3.63) is 29.8 Å². The Balaban J connectivity index is 2.47. The van der Waals surface area contributed by atoms with Crippen molar-refractivity contribution in [3.8, 4) is 5.75 Å². The maximum Gasteiger partial charge on any atom is 0.320 e. The summed E-state index contributed by atoms with van der Waals surface area (Å²) >= 11 is 0. The van der Waals surface area contributed by atoms with Crippen LogP contribution in [0.3, 0.4) is 0 Å². The minimum Gasteiger partial charge on any atom is -0.497 e. The second kappa shape index (κ2) is 8.19. The third-order valence-corrected chi connectivity index (χ3v) is 2.99. The molecule has 0 heterocycles. The van der Waals surface area contributed by atoms with Gasteiger partial charge < -0.3 is 14.6 Å². The van der Waals surface area contributed by atoms with Crippen molar-refractivity contribution in [1.29, 1.82) is 0 Å². The number of benzene rings is 1. The highest BCUT2D eigenvalue weighted by molar-refractivity contribution is 5.93. The van der Waals surface area contributed by atoms with Crippen LogP contribution in [0.15, 0.2) is 24.3 Å². The predicted molar refractivity (Wildman–Crippen MR) is 73.7 cm³/mol. The topological polar surface area (TPSA) is 72.8 Å². The first-order valence-electron chi connectivity index (χ1n) is 6.60. The molecule has 5 heteroatoms. The molecule has 0 aliphatic heterocycles. The van der Waals surface area contributed by atoms with E-state index < -0.39 is 17.9 Å². The van der Waals surface area contributed by atoms with Gasteiger partial charge in [-0.15, -0.1) is 0 Å². The van der Waals surface area contributed by atoms with Gasteiger partial charge in [0, 0.05) is 0 Å². The van der Waals surface area contributed by atoms with Crippen molar-refractivity contribution in [1.82, 2.24) is 0 Å². The Morgan fingerprint density at radius 1 is 1.25 bits per heavy atom. The molecule has 5 nitrogen and oxygen atoms in total. The Hall–Kier alpha value is -2.04. The van der Waals surface area contributed by atoms with Crippen LogP contribution in [0, 0.1) is 5.92 Å². The number of carbonyl (C=O) groups excluding carboxylic acids is 1. The van der Waals surface area contributed by atoms with Crippen molar-refractivity contribution >= 4 is 11.9 Å². The average Bonchev–Trinajstić information content (AvgIpc) is 2.44.